The van der Waals surface area contributed by atoms with Crippen LogP contribution in [0, 0.1) is 16.7 Å². The molecule has 3 heteroatoms. The maximum Gasteiger partial charge on any atom is 0.0833 e. The third kappa shape index (κ3) is 1.58. The molecule has 1 spiro atoms. The van der Waals surface area contributed by atoms with Gasteiger partial charge in [0, 0.05) is 0 Å². The van der Waals surface area contributed by atoms with Gasteiger partial charge in [-0.05, 0) is 48.8 Å². The molecule has 17 heavy (non-hydrogen) atoms. The molecule has 0 saturated heterocycles. The topological polar surface area (TPSA) is 23.8 Å². The highest BCUT2D eigenvalue weighted by atomic mass is 35.5. The van der Waals surface area contributed by atoms with Gasteiger partial charge in [-0.15, -0.1) is 0 Å². The van der Waals surface area contributed by atoms with Crippen molar-refractivity contribution in [2.75, 3.05) is 0 Å². The summed E-state index contributed by atoms with van der Waals surface area (Å²) in [4.78, 5) is 0. The molecule has 2 aliphatic rings. The number of benzene rings is 1. The minimum absolute atomic E-state index is 0.311. The van der Waals surface area contributed by atoms with Crippen molar-refractivity contribution in [2.45, 2.75) is 37.5 Å². The van der Waals surface area contributed by atoms with Crippen LogP contribution in [0.1, 0.15) is 37.7 Å². The molecule has 0 heterocycles. The molecule has 0 radical (unpaired) electrons. The Bertz CT molecular complexity index is 503. The monoisotopic (exact) mass is 265 g/mol. The van der Waals surface area contributed by atoms with Gasteiger partial charge in [0.2, 0.25) is 0 Å². The summed E-state index contributed by atoms with van der Waals surface area (Å²) in [5.41, 5.74) is 1.20. The first kappa shape index (κ1) is 11.4. The van der Waals surface area contributed by atoms with Gasteiger partial charge in [0.05, 0.1) is 21.5 Å². The van der Waals surface area contributed by atoms with Crippen molar-refractivity contribution in [1.29, 1.82) is 5.26 Å². The SMILES string of the molecule is N#CC1(c2ccc(Cl)c(Cl)c2)CC2(CCC2)C1. The van der Waals surface area contributed by atoms with Crippen molar-refractivity contribution in [3.63, 3.8) is 0 Å². The molecule has 0 aliphatic heterocycles. The Labute approximate surface area is 111 Å². The lowest BCUT2D eigenvalue weighted by Crippen LogP contribution is -2.52. The van der Waals surface area contributed by atoms with Crippen molar-refractivity contribution in [3.05, 3.63) is 33.8 Å². The number of rotatable bonds is 1. The standard InChI is InChI=1S/C14H13Cl2N/c15-11-3-2-10(6-12(11)16)14(9-17)7-13(8-14)4-1-5-13/h2-3,6H,1,4-5,7-8H2. The maximum absolute atomic E-state index is 9.48. The van der Waals surface area contributed by atoms with Gasteiger partial charge in [-0.25, -0.2) is 0 Å². The first-order valence-corrected chi connectivity index (χ1v) is 6.72. The van der Waals surface area contributed by atoms with E-state index < -0.39 is 0 Å². The van der Waals surface area contributed by atoms with Gasteiger partial charge in [-0.2, -0.15) is 5.26 Å². The van der Waals surface area contributed by atoms with Crippen LogP contribution in [0.3, 0.4) is 0 Å². The fourth-order valence-corrected chi connectivity index (χ4v) is 3.70. The van der Waals surface area contributed by atoms with Crippen molar-refractivity contribution >= 4 is 23.2 Å². The van der Waals surface area contributed by atoms with Crippen molar-refractivity contribution in [3.8, 4) is 6.07 Å². The van der Waals surface area contributed by atoms with E-state index in [1.165, 1.54) is 19.3 Å². The molecule has 0 amide bonds. The van der Waals surface area contributed by atoms with Crippen LogP contribution in [0.5, 0.6) is 0 Å². The van der Waals surface area contributed by atoms with Gasteiger partial charge in [-0.1, -0.05) is 35.7 Å². The molecule has 2 saturated carbocycles. The van der Waals surface area contributed by atoms with Crippen molar-refractivity contribution in [2.24, 2.45) is 5.41 Å². The van der Waals surface area contributed by atoms with Crippen LogP contribution >= 0.6 is 23.2 Å². The first-order valence-electron chi connectivity index (χ1n) is 5.96. The summed E-state index contributed by atoms with van der Waals surface area (Å²) in [6.45, 7) is 0. The molecule has 3 rings (SSSR count). The molecule has 0 N–H and O–H groups in total. The molecular formula is C14H13Cl2N. The van der Waals surface area contributed by atoms with Crippen LogP contribution in [-0.2, 0) is 5.41 Å². The van der Waals surface area contributed by atoms with Gasteiger partial charge < -0.3 is 0 Å². The molecular weight excluding hydrogens is 253 g/mol. The molecule has 88 valence electrons. The fraction of sp³-hybridized carbons (Fsp3) is 0.500. The highest BCUT2D eigenvalue weighted by Crippen LogP contribution is 2.64. The third-order valence-electron chi connectivity index (χ3n) is 4.45. The summed E-state index contributed by atoms with van der Waals surface area (Å²) in [6.07, 6.45) is 5.89. The zero-order valence-electron chi connectivity index (χ0n) is 9.47. The molecule has 2 aliphatic carbocycles. The second-order valence-corrected chi connectivity index (χ2v) is 6.34. The average molecular weight is 266 g/mol. The molecule has 0 atom stereocenters. The molecule has 1 aromatic rings. The highest BCUT2D eigenvalue weighted by molar-refractivity contribution is 6.42. The first-order chi connectivity index (χ1) is 8.09. The number of hydrogen-bond acceptors (Lipinski definition) is 1. The Kier molecular flexibility index (Phi) is 2.44. The Morgan fingerprint density at radius 1 is 1.12 bits per heavy atom. The zero-order valence-corrected chi connectivity index (χ0v) is 11.0. The van der Waals surface area contributed by atoms with Gasteiger partial charge in [0.25, 0.3) is 0 Å². The zero-order chi connectivity index (χ0) is 12.1. The minimum Gasteiger partial charge on any atom is -0.197 e. The molecule has 2 fully saturated rings. The smallest absolute Gasteiger partial charge is 0.0833 e. The molecule has 1 nitrogen and oxygen atoms in total. The predicted molar refractivity (Wildman–Crippen MR) is 69.3 cm³/mol. The van der Waals surface area contributed by atoms with Gasteiger partial charge >= 0.3 is 0 Å². The molecule has 0 aromatic heterocycles. The van der Waals surface area contributed by atoms with Crippen LogP contribution < -0.4 is 0 Å². The quantitative estimate of drug-likeness (QED) is 0.721. The summed E-state index contributed by atoms with van der Waals surface area (Å²) in [7, 11) is 0. The Morgan fingerprint density at radius 2 is 1.82 bits per heavy atom. The lowest BCUT2D eigenvalue weighted by molar-refractivity contribution is -0.0226. The van der Waals surface area contributed by atoms with E-state index in [-0.39, 0.29) is 5.41 Å². The predicted octanol–water partition coefficient (Wildman–Crippen LogP) is 4.72. The highest BCUT2D eigenvalue weighted by Gasteiger charge is 2.58. The van der Waals surface area contributed by atoms with E-state index in [0.717, 1.165) is 18.4 Å². The van der Waals surface area contributed by atoms with Crippen LogP contribution in [-0.4, -0.2) is 0 Å². The third-order valence-corrected chi connectivity index (χ3v) is 5.19. The van der Waals surface area contributed by atoms with Crippen molar-refractivity contribution < 1.29 is 0 Å². The molecule has 0 bridgehead atoms. The van der Waals surface area contributed by atoms with Crippen LogP contribution in [0.15, 0.2) is 18.2 Å². The number of hydrogen-bond donors (Lipinski definition) is 0. The van der Waals surface area contributed by atoms with E-state index in [0.29, 0.717) is 15.5 Å². The summed E-state index contributed by atoms with van der Waals surface area (Å²) < 4.78 is 0. The van der Waals surface area contributed by atoms with Gasteiger partial charge in [0.1, 0.15) is 0 Å². The maximum atomic E-state index is 9.48. The van der Waals surface area contributed by atoms with Crippen molar-refractivity contribution in [1.82, 2.24) is 0 Å². The lowest BCUT2D eigenvalue weighted by Gasteiger charge is -2.58. The summed E-state index contributed by atoms with van der Waals surface area (Å²) in [5.74, 6) is 0. The fourth-order valence-electron chi connectivity index (χ4n) is 3.40. The average Bonchev–Trinajstić information content (AvgIpc) is 2.20. The van der Waals surface area contributed by atoms with E-state index in [9.17, 15) is 5.26 Å². The molecule has 0 unspecified atom stereocenters. The van der Waals surface area contributed by atoms with E-state index in [1.54, 1.807) is 6.07 Å². The van der Waals surface area contributed by atoms with E-state index in [2.05, 4.69) is 6.07 Å². The van der Waals surface area contributed by atoms with Crippen LogP contribution in [0.4, 0.5) is 0 Å². The number of nitrogens with zero attached hydrogens (tertiary/aromatic N) is 1. The Morgan fingerprint density at radius 3 is 2.29 bits per heavy atom. The van der Waals surface area contributed by atoms with Gasteiger partial charge in [0.15, 0.2) is 0 Å². The van der Waals surface area contributed by atoms with Gasteiger partial charge in [-0.3, -0.25) is 0 Å². The Balaban J connectivity index is 1.92. The minimum atomic E-state index is -0.311. The number of halogens is 2. The Hall–Kier alpha value is -0.710. The number of nitriles is 1. The second kappa shape index (κ2) is 3.64. The van der Waals surface area contributed by atoms with Crippen LogP contribution in [0.25, 0.3) is 0 Å². The van der Waals surface area contributed by atoms with E-state index in [4.69, 9.17) is 23.2 Å². The summed E-state index contributed by atoms with van der Waals surface area (Å²) >= 11 is 12.0. The summed E-state index contributed by atoms with van der Waals surface area (Å²) in [6, 6.07) is 8.10. The second-order valence-electron chi connectivity index (χ2n) is 5.53. The van der Waals surface area contributed by atoms with E-state index in [1.807, 2.05) is 12.1 Å². The van der Waals surface area contributed by atoms with E-state index >= 15 is 0 Å². The normalized spacial score (nSPS) is 23.6. The molecule has 1 aromatic carbocycles. The summed E-state index contributed by atoms with van der Waals surface area (Å²) in [5, 5.41) is 10.6. The lowest BCUT2D eigenvalue weighted by atomic mass is 9.44. The van der Waals surface area contributed by atoms with Crippen LogP contribution in [0.2, 0.25) is 10.0 Å². The largest absolute Gasteiger partial charge is 0.197 e.